The van der Waals surface area contributed by atoms with E-state index in [9.17, 15) is 10.1 Å². The molecule has 2 N–H and O–H groups in total. The summed E-state index contributed by atoms with van der Waals surface area (Å²) >= 11 is 0. The van der Waals surface area contributed by atoms with Gasteiger partial charge in [0.05, 0.1) is 12.6 Å². The van der Waals surface area contributed by atoms with Gasteiger partial charge in [0.25, 0.3) is 0 Å². The predicted molar refractivity (Wildman–Crippen MR) is 73.5 cm³/mol. The van der Waals surface area contributed by atoms with Crippen molar-refractivity contribution in [2.75, 3.05) is 26.7 Å². The Labute approximate surface area is 115 Å². The van der Waals surface area contributed by atoms with Crippen molar-refractivity contribution in [1.82, 2.24) is 15.5 Å². The molecule has 1 heterocycles. The lowest BCUT2D eigenvalue weighted by atomic mass is 9.92. The highest BCUT2D eigenvalue weighted by atomic mass is 16.2. The maximum Gasteiger partial charge on any atom is 0.235 e. The van der Waals surface area contributed by atoms with Crippen LogP contribution in [0, 0.1) is 11.3 Å². The molecule has 19 heavy (non-hydrogen) atoms. The fourth-order valence-electron chi connectivity index (χ4n) is 2.84. The molecule has 0 aromatic carbocycles. The molecule has 0 aromatic rings. The lowest BCUT2D eigenvalue weighted by molar-refractivity contribution is -0.124. The SMILES string of the molecule is CN(CC(=O)NC1(C#N)CCCCCC1)C1CNC1. The van der Waals surface area contributed by atoms with Crippen molar-refractivity contribution in [3.05, 3.63) is 0 Å². The van der Waals surface area contributed by atoms with E-state index in [1.54, 1.807) is 0 Å². The van der Waals surface area contributed by atoms with Crippen molar-refractivity contribution in [3.8, 4) is 6.07 Å². The van der Waals surface area contributed by atoms with Crippen LogP contribution in [0.5, 0.6) is 0 Å². The van der Waals surface area contributed by atoms with Gasteiger partial charge < -0.3 is 10.6 Å². The Bertz CT molecular complexity index is 351. The first-order valence-electron chi connectivity index (χ1n) is 7.28. The summed E-state index contributed by atoms with van der Waals surface area (Å²) in [6.45, 7) is 2.29. The zero-order valence-corrected chi connectivity index (χ0v) is 11.7. The number of hydrogen-bond acceptors (Lipinski definition) is 4. The minimum atomic E-state index is -0.619. The summed E-state index contributed by atoms with van der Waals surface area (Å²) in [5, 5.41) is 15.6. The number of rotatable bonds is 4. The van der Waals surface area contributed by atoms with Crippen LogP contribution in [0.2, 0.25) is 0 Å². The number of nitriles is 1. The Hall–Kier alpha value is -1.12. The number of amides is 1. The molecule has 2 aliphatic rings. The van der Waals surface area contributed by atoms with Crippen LogP contribution in [0.15, 0.2) is 0 Å². The van der Waals surface area contributed by atoms with Crippen molar-refractivity contribution in [2.24, 2.45) is 0 Å². The van der Waals surface area contributed by atoms with Gasteiger partial charge in [-0.1, -0.05) is 25.7 Å². The molecule has 1 saturated carbocycles. The summed E-state index contributed by atoms with van der Waals surface area (Å²) in [7, 11) is 1.97. The van der Waals surface area contributed by atoms with Crippen LogP contribution in [0.1, 0.15) is 38.5 Å². The smallest absolute Gasteiger partial charge is 0.235 e. The van der Waals surface area contributed by atoms with Crippen LogP contribution in [0.4, 0.5) is 0 Å². The van der Waals surface area contributed by atoms with Gasteiger partial charge in [0.1, 0.15) is 5.54 Å². The summed E-state index contributed by atoms with van der Waals surface area (Å²) in [6, 6.07) is 2.81. The maximum absolute atomic E-state index is 12.1. The standard InChI is InChI=1S/C14H24N4O/c1-18(12-8-16-9-12)10-13(19)17-14(11-15)6-4-2-3-5-7-14/h12,16H,2-10H2,1H3,(H,17,19). The maximum atomic E-state index is 12.1. The molecule has 1 aliphatic carbocycles. The van der Waals surface area contributed by atoms with Crippen LogP contribution in [0.25, 0.3) is 0 Å². The van der Waals surface area contributed by atoms with E-state index in [-0.39, 0.29) is 5.91 Å². The van der Waals surface area contributed by atoms with Gasteiger partial charge in [0.15, 0.2) is 0 Å². The van der Waals surface area contributed by atoms with Crippen LogP contribution in [0.3, 0.4) is 0 Å². The molecule has 0 spiro atoms. The van der Waals surface area contributed by atoms with E-state index >= 15 is 0 Å². The topological polar surface area (TPSA) is 68.2 Å². The molecule has 2 rings (SSSR count). The van der Waals surface area contributed by atoms with Crippen molar-refractivity contribution in [3.63, 3.8) is 0 Å². The number of likely N-dealkylation sites (N-methyl/N-ethyl adjacent to an activating group) is 1. The molecule has 0 radical (unpaired) electrons. The highest BCUT2D eigenvalue weighted by Crippen LogP contribution is 2.26. The van der Waals surface area contributed by atoms with E-state index in [0.29, 0.717) is 12.6 Å². The van der Waals surface area contributed by atoms with Crippen LogP contribution < -0.4 is 10.6 Å². The number of nitrogens with zero attached hydrogens (tertiary/aromatic N) is 2. The highest BCUT2D eigenvalue weighted by molar-refractivity contribution is 5.79. The summed E-state index contributed by atoms with van der Waals surface area (Å²) in [6.07, 6.45) is 6.01. The van der Waals surface area contributed by atoms with Crippen LogP contribution in [-0.4, -0.2) is 49.1 Å². The second-order valence-electron chi connectivity index (χ2n) is 5.88. The number of carbonyl (C=O) groups excluding carboxylic acids is 1. The van der Waals surface area contributed by atoms with Crippen molar-refractivity contribution in [2.45, 2.75) is 50.1 Å². The highest BCUT2D eigenvalue weighted by Gasteiger charge is 2.33. The molecule has 0 unspecified atom stereocenters. The second-order valence-corrected chi connectivity index (χ2v) is 5.88. The summed E-state index contributed by atoms with van der Waals surface area (Å²) in [5.74, 6) is -0.0159. The Kier molecular flexibility index (Phi) is 4.78. The van der Waals surface area contributed by atoms with Gasteiger partial charge in [-0.3, -0.25) is 9.69 Å². The molecule has 1 saturated heterocycles. The fourth-order valence-corrected chi connectivity index (χ4v) is 2.84. The largest absolute Gasteiger partial charge is 0.337 e. The molecule has 0 bridgehead atoms. The zero-order valence-electron chi connectivity index (χ0n) is 11.7. The van der Waals surface area contributed by atoms with Gasteiger partial charge in [0.2, 0.25) is 5.91 Å². The van der Waals surface area contributed by atoms with E-state index in [2.05, 4.69) is 21.6 Å². The third-order valence-corrected chi connectivity index (χ3v) is 4.33. The summed E-state index contributed by atoms with van der Waals surface area (Å²) < 4.78 is 0. The third-order valence-electron chi connectivity index (χ3n) is 4.33. The molecule has 1 amide bonds. The van der Waals surface area contributed by atoms with E-state index in [0.717, 1.165) is 38.8 Å². The predicted octanol–water partition coefficient (Wildman–Crippen LogP) is 0.623. The average Bonchev–Trinajstić information content (AvgIpc) is 2.52. The van der Waals surface area contributed by atoms with Crippen LogP contribution in [-0.2, 0) is 4.79 Å². The average molecular weight is 264 g/mol. The number of carbonyl (C=O) groups is 1. The molecule has 0 aromatic heterocycles. The minimum Gasteiger partial charge on any atom is -0.337 e. The van der Waals surface area contributed by atoms with Gasteiger partial charge in [-0.2, -0.15) is 5.26 Å². The van der Waals surface area contributed by atoms with E-state index < -0.39 is 5.54 Å². The lowest BCUT2D eigenvalue weighted by Gasteiger charge is -2.36. The molecule has 106 valence electrons. The molecular weight excluding hydrogens is 240 g/mol. The third kappa shape index (κ3) is 3.68. The minimum absolute atomic E-state index is 0.0159. The molecule has 1 aliphatic heterocycles. The Balaban J connectivity index is 1.86. The van der Waals surface area contributed by atoms with Gasteiger partial charge in [-0.05, 0) is 19.9 Å². The van der Waals surface area contributed by atoms with Crippen molar-refractivity contribution >= 4 is 5.91 Å². The number of hydrogen-bond donors (Lipinski definition) is 2. The lowest BCUT2D eigenvalue weighted by Crippen LogP contribution is -2.58. The van der Waals surface area contributed by atoms with E-state index in [4.69, 9.17) is 0 Å². The van der Waals surface area contributed by atoms with Gasteiger partial charge in [-0.15, -0.1) is 0 Å². The first-order valence-corrected chi connectivity index (χ1v) is 7.28. The van der Waals surface area contributed by atoms with Crippen molar-refractivity contribution < 1.29 is 4.79 Å². The summed E-state index contributed by atoms with van der Waals surface area (Å²) in [4.78, 5) is 14.2. The second kappa shape index (κ2) is 6.36. The Morgan fingerprint density at radius 1 is 1.37 bits per heavy atom. The molecule has 2 fully saturated rings. The zero-order chi connectivity index (χ0) is 13.7. The molecule has 5 heteroatoms. The number of nitrogens with one attached hydrogen (secondary N) is 2. The molecule has 5 nitrogen and oxygen atoms in total. The first-order chi connectivity index (χ1) is 9.15. The quantitative estimate of drug-likeness (QED) is 0.731. The summed E-state index contributed by atoms with van der Waals surface area (Å²) in [5.41, 5.74) is -0.619. The van der Waals surface area contributed by atoms with Crippen molar-refractivity contribution in [1.29, 1.82) is 5.26 Å². The van der Waals surface area contributed by atoms with Gasteiger partial charge in [-0.25, -0.2) is 0 Å². The Morgan fingerprint density at radius 3 is 2.47 bits per heavy atom. The fraction of sp³-hybridized carbons (Fsp3) is 0.857. The molecular formula is C14H24N4O. The normalized spacial score (nSPS) is 23.2. The monoisotopic (exact) mass is 264 g/mol. The van der Waals surface area contributed by atoms with Gasteiger partial charge in [0, 0.05) is 19.1 Å². The molecule has 0 atom stereocenters. The van der Waals surface area contributed by atoms with E-state index in [1.807, 2.05) is 7.05 Å². The van der Waals surface area contributed by atoms with E-state index in [1.165, 1.54) is 12.8 Å². The van der Waals surface area contributed by atoms with Crippen LogP contribution >= 0.6 is 0 Å². The van der Waals surface area contributed by atoms with Gasteiger partial charge >= 0.3 is 0 Å². The Morgan fingerprint density at radius 2 is 2.00 bits per heavy atom. The first kappa shape index (κ1) is 14.3.